The lowest BCUT2D eigenvalue weighted by atomic mass is 10.2. The molecule has 0 saturated carbocycles. The van der Waals surface area contributed by atoms with Crippen molar-refractivity contribution in [2.75, 3.05) is 17.6 Å². The third kappa shape index (κ3) is 3.17. The Morgan fingerprint density at radius 1 is 1.18 bits per heavy atom. The molecule has 4 nitrogen and oxygen atoms in total. The number of nitrogens with one attached hydrogen (secondary N) is 1. The van der Waals surface area contributed by atoms with E-state index in [1.165, 1.54) is 5.56 Å². The normalized spacial score (nSPS) is 10.2. The predicted octanol–water partition coefficient (Wildman–Crippen LogP) is 2.02. The van der Waals surface area contributed by atoms with E-state index in [4.69, 9.17) is 5.73 Å². The fourth-order valence-corrected chi connectivity index (χ4v) is 1.57. The lowest BCUT2D eigenvalue weighted by Crippen LogP contribution is -2.08. The van der Waals surface area contributed by atoms with Crippen molar-refractivity contribution in [2.24, 2.45) is 0 Å². The highest BCUT2D eigenvalue weighted by Gasteiger charge is 1.98. The van der Waals surface area contributed by atoms with Gasteiger partial charge in [-0.25, -0.2) is 9.97 Å². The Hall–Kier alpha value is -2.10. The molecule has 1 aromatic carbocycles. The van der Waals surface area contributed by atoms with E-state index in [0.29, 0.717) is 5.69 Å². The lowest BCUT2D eigenvalue weighted by Gasteiger charge is -2.08. The zero-order chi connectivity index (χ0) is 12.1. The second-order valence-corrected chi connectivity index (χ2v) is 3.92. The highest BCUT2D eigenvalue weighted by molar-refractivity contribution is 5.50. The van der Waals surface area contributed by atoms with Crippen molar-refractivity contribution in [3.8, 4) is 0 Å². The van der Waals surface area contributed by atoms with E-state index in [1.807, 2.05) is 12.1 Å². The van der Waals surface area contributed by atoms with Gasteiger partial charge in [-0.05, 0) is 18.6 Å². The van der Waals surface area contributed by atoms with Crippen LogP contribution in [0.2, 0.25) is 0 Å². The molecule has 2 rings (SSSR count). The van der Waals surface area contributed by atoms with Gasteiger partial charge in [0, 0.05) is 18.7 Å². The first kappa shape index (κ1) is 11.4. The SMILES string of the molecule is Cc1ccccc1NCCc1ncc(N)cn1. The number of anilines is 2. The van der Waals surface area contributed by atoms with Crippen molar-refractivity contribution < 1.29 is 0 Å². The van der Waals surface area contributed by atoms with Crippen molar-refractivity contribution in [2.45, 2.75) is 13.3 Å². The molecule has 0 aliphatic rings. The van der Waals surface area contributed by atoms with E-state index in [-0.39, 0.29) is 0 Å². The summed E-state index contributed by atoms with van der Waals surface area (Å²) in [6.07, 6.45) is 4.06. The maximum absolute atomic E-state index is 5.53. The summed E-state index contributed by atoms with van der Waals surface area (Å²) in [5, 5.41) is 3.36. The first-order valence-corrected chi connectivity index (χ1v) is 5.61. The highest BCUT2D eigenvalue weighted by atomic mass is 14.9. The zero-order valence-electron chi connectivity index (χ0n) is 9.85. The van der Waals surface area contributed by atoms with Crippen molar-refractivity contribution in [3.05, 3.63) is 48.0 Å². The molecule has 0 unspecified atom stereocenters. The van der Waals surface area contributed by atoms with E-state index in [9.17, 15) is 0 Å². The summed E-state index contributed by atoms with van der Waals surface area (Å²) >= 11 is 0. The number of para-hydroxylation sites is 1. The molecule has 88 valence electrons. The summed E-state index contributed by atoms with van der Waals surface area (Å²) in [6, 6.07) is 8.21. The standard InChI is InChI=1S/C13H16N4/c1-10-4-2-3-5-12(10)15-7-6-13-16-8-11(14)9-17-13/h2-5,8-9,15H,6-7,14H2,1H3. The number of rotatable bonds is 4. The van der Waals surface area contributed by atoms with Crippen LogP contribution >= 0.6 is 0 Å². The van der Waals surface area contributed by atoms with Gasteiger partial charge in [0.05, 0.1) is 18.1 Å². The van der Waals surface area contributed by atoms with Gasteiger partial charge >= 0.3 is 0 Å². The largest absolute Gasteiger partial charge is 0.396 e. The summed E-state index contributed by atoms with van der Waals surface area (Å²) in [4.78, 5) is 8.31. The molecule has 0 atom stereocenters. The molecule has 0 bridgehead atoms. The van der Waals surface area contributed by atoms with Gasteiger partial charge in [-0.2, -0.15) is 0 Å². The molecule has 0 aliphatic heterocycles. The number of benzene rings is 1. The average Bonchev–Trinajstić information content (AvgIpc) is 2.34. The Bertz CT molecular complexity index is 479. The van der Waals surface area contributed by atoms with Crippen molar-refractivity contribution in [1.82, 2.24) is 9.97 Å². The summed E-state index contributed by atoms with van der Waals surface area (Å²) in [7, 11) is 0. The molecule has 0 radical (unpaired) electrons. The van der Waals surface area contributed by atoms with Gasteiger partial charge in [0.25, 0.3) is 0 Å². The molecule has 2 aromatic rings. The predicted molar refractivity (Wildman–Crippen MR) is 69.8 cm³/mol. The number of aromatic nitrogens is 2. The lowest BCUT2D eigenvalue weighted by molar-refractivity contribution is 0.894. The van der Waals surface area contributed by atoms with Crippen LogP contribution in [-0.4, -0.2) is 16.5 Å². The van der Waals surface area contributed by atoms with Crippen LogP contribution in [0.1, 0.15) is 11.4 Å². The Labute approximate surface area is 101 Å². The minimum Gasteiger partial charge on any atom is -0.396 e. The minimum absolute atomic E-state index is 0.598. The first-order chi connectivity index (χ1) is 8.25. The van der Waals surface area contributed by atoms with E-state index in [0.717, 1.165) is 24.5 Å². The first-order valence-electron chi connectivity index (χ1n) is 5.61. The molecule has 4 heteroatoms. The fourth-order valence-electron chi connectivity index (χ4n) is 1.57. The summed E-state index contributed by atoms with van der Waals surface area (Å²) in [5.74, 6) is 0.806. The second-order valence-electron chi connectivity index (χ2n) is 3.92. The third-order valence-corrected chi connectivity index (χ3v) is 2.53. The summed E-state index contributed by atoms with van der Waals surface area (Å²) < 4.78 is 0. The zero-order valence-corrected chi connectivity index (χ0v) is 9.85. The van der Waals surface area contributed by atoms with Crippen LogP contribution in [0.15, 0.2) is 36.7 Å². The third-order valence-electron chi connectivity index (χ3n) is 2.53. The molecule has 0 amide bonds. The Morgan fingerprint density at radius 3 is 2.59 bits per heavy atom. The van der Waals surface area contributed by atoms with Crippen LogP contribution in [0, 0.1) is 6.92 Å². The van der Waals surface area contributed by atoms with Crippen molar-refractivity contribution in [3.63, 3.8) is 0 Å². The van der Waals surface area contributed by atoms with Crippen LogP contribution in [0.4, 0.5) is 11.4 Å². The molecule has 0 fully saturated rings. The fraction of sp³-hybridized carbons (Fsp3) is 0.231. The minimum atomic E-state index is 0.598. The number of aryl methyl sites for hydroxylation is 1. The molecular formula is C13H16N4. The van der Waals surface area contributed by atoms with Crippen molar-refractivity contribution >= 4 is 11.4 Å². The molecular weight excluding hydrogens is 212 g/mol. The van der Waals surface area contributed by atoms with Gasteiger partial charge in [-0.3, -0.25) is 0 Å². The van der Waals surface area contributed by atoms with Crippen LogP contribution in [0.25, 0.3) is 0 Å². The molecule has 0 aliphatic carbocycles. The van der Waals surface area contributed by atoms with Gasteiger partial charge < -0.3 is 11.1 Å². The molecule has 0 saturated heterocycles. The number of nitrogens with zero attached hydrogens (tertiary/aromatic N) is 2. The second kappa shape index (κ2) is 5.30. The van der Waals surface area contributed by atoms with Gasteiger partial charge in [0.15, 0.2) is 0 Å². The molecule has 17 heavy (non-hydrogen) atoms. The topological polar surface area (TPSA) is 63.8 Å². The monoisotopic (exact) mass is 228 g/mol. The Morgan fingerprint density at radius 2 is 1.88 bits per heavy atom. The number of nitrogens with two attached hydrogens (primary N) is 1. The Kier molecular flexibility index (Phi) is 3.55. The summed E-state index contributed by atoms with van der Waals surface area (Å²) in [6.45, 7) is 2.90. The van der Waals surface area contributed by atoms with Crippen LogP contribution in [0.3, 0.4) is 0 Å². The maximum Gasteiger partial charge on any atom is 0.130 e. The number of nitrogen functional groups attached to an aromatic ring is 1. The summed E-state index contributed by atoms with van der Waals surface area (Å²) in [5.41, 5.74) is 8.52. The highest BCUT2D eigenvalue weighted by Crippen LogP contribution is 2.12. The van der Waals surface area contributed by atoms with Crippen LogP contribution in [-0.2, 0) is 6.42 Å². The van der Waals surface area contributed by atoms with E-state index in [1.54, 1.807) is 12.4 Å². The van der Waals surface area contributed by atoms with Gasteiger partial charge in [-0.15, -0.1) is 0 Å². The van der Waals surface area contributed by atoms with Crippen LogP contribution in [0.5, 0.6) is 0 Å². The van der Waals surface area contributed by atoms with E-state index >= 15 is 0 Å². The van der Waals surface area contributed by atoms with Gasteiger partial charge in [0.2, 0.25) is 0 Å². The van der Waals surface area contributed by atoms with E-state index < -0.39 is 0 Å². The molecule has 1 aromatic heterocycles. The smallest absolute Gasteiger partial charge is 0.130 e. The number of hydrogen-bond donors (Lipinski definition) is 2. The van der Waals surface area contributed by atoms with E-state index in [2.05, 4.69) is 34.3 Å². The molecule has 1 heterocycles. The van der Waals surface area contributed by atoms with Gasteiger partial charge in [-0.1, -0.05) is 18.2 Å². The van der Waals surface area contributed by atoms with Gasteiger partial charge in [0.1, 0.15) is 5.82 Å². The van der Waals surface area contributed by atoms with Crippen molar-refractivity contribution in [1.29, 1.82) is 0 Å². The maximum atomic E-state index is 5.53. The van der Waals surface area contributed by atoms with Crippen LogP contribution < -0.4 is 11.1 Å². The number of hydrogen-bond acceptors (Lipinski definition) is 4. The quantitative estimate of drug-likeness (QED) is 0.840. The molecule has 0 spiro atoms. The Balaban J connectivity index is 1.88. The molecule has 3 N–H and O–H groups in total. The average molecular weight is 228 g/mol.